The molecule has 0 saturated carbocycles. The molecule has 0 bridgehead atoms. The van der Waals surface area contributed by atoms with E-state index < -0.39 is 0 Å². The number of urea groups is 1. The van der Waals surface area contributed by atoms with Crippen LogP contribution in [0.2, 0.25) is 5.02 Å². The van der Waals surface area contributed by atoms with E-state index in [1.807, 2.05) is 43.7 Å². The second-order valence-electron chi connectivity index (χ2n) is 6.75. The van der Waals surface area contributed by atoms with Crippen molar-refractivity contribution < 1.29 is 4.79 Å². The summed E-state index contributed by atoms with van der Waals surface area (Å²) in [7, 11) is 0. The Morgan fingerprint density at radius 1 is 1.04 bits per heavy atom. The minimum atomic E-state index is -0.345. The second kappa shape index (κ2) is 7.84. The Morgan fingerprint density at radius 2 is 1.78 bits per heavy atom. The highest BCUT2D eigenvalue weighted by Crippen LogP contribution is 2.24. The highest BCUT2D eigenvalue weighted by Gasteiger charge is 2.15. The van der Waals surface area contributed by atoms with Crippen LogP contribution >= 0.6 is 11.6 Å². The topological polar surface area (TPSA) is 59.0 Å². The second-order valence-corrected chi connectivity index (χ2v) is 7.16. The molecule has 6 heteroatoms. The van der Waals surface area contributed by atoms with Gasteiger partial charge in [-0.3, -0.25) is 4.68 Å². The molecule has 0 aliphatic rings. The van der Waals surface area contributed by atoms with Crippen LogP contribution in [0.5, 0.6) is 0 Å². The summed E-state index contributed by atoms with van der Waals surface area (Å²) in [6.45, 7) is 8.50. The zero-order valence-corrected chi connectivity index (χ0v) is 16.7. The number of hydrogen-bond donors (Lipinski definition) is 2. The van der Waals surface area contributed by atoms with Crippen molar-refractivity contribution in [3.8, 4) is 0 Å². The maximum atomic E-state index is 12.4. The summed E-state index contributed by atoms with van der Waals surface area (Å²) in [4.78, 5) is 12.4. The van der Waals surface area contributed by atoms with Crippen molar-refractivity contribution in [1.29, 1.82) is 0 Å². The molecular weight excluding hydrogens is 360 g/mol. The average Bonchev–Trinajstić information content (AvgIpc) is 2.85. The molecule has 27 heavy (non-hydrogen) atoms. The van der Waals surface area contributed by atoms with Crippen LogP contribution in [0.25, 0.3) is 0 Å². The maximum Gasteiger partial charge on any atom is 0.323 e. The largest absolute Gasteiger partial charge is 0.323 e. The van der Waals surface area contributed by atoms with Gasteiger partial charge in [0.05, 0.1) is 34.3 Å². The number of nitrogens with one attached hydrogen (secondary N) is 2. The molecular formula is C21H23ClN4O. The fraction of sp³-hybridized carbons (Fsp3) is 0.238. The van der Waals surface area contributed by atoms with Crippen molar-refractivity contribution in [2.45, 2.75) is 34.2 Å². The van der Waals surface area contributed by atoms with Crippen LogP contribution in [-0.4, -0.2) is 15.8 Å². The van der Waals surface area contributed by atoms with Crippen molar-refractivity contribution in [2.75, 3.05) is 10.6 Å². The third-order valence-electron chi connectivity index (χ3n) is 4.41. The Morgan fingerprint density at radius 3 is 2.48 bits per heavy atom. The lowest BCUT2D eigenvalue weighted by atomic mass is 10.1. The van der Waals surface area contributed by atoms with Crippen LogP contribution in [0.3, 0.4) is 0 Å². The minimum Gasteiger partial charge on any atom is -0.306 e. The Balaban J connectivity index is 1.75. The van der Waals surface area contributed by atoms with E-state index in [-0.39, 0.29) is 6.03 Å². The van der Waals surface area contributed by atoms with Crippen LogP contribution in [0.1, 0.15) is 28.1 Å². The number of aryl methyl sites for hydroxylation is 3. The number of carbonyl (C=O) groups excluding carboxylic acids is 1. The van der Waals surface area contributed by atoms with Gasteiger partial charge in [0.2, 0.25) is 0 Å². The third kappa shape index (κ3) is 4.49. The zero-order chi connectivity index (χ0) is 19.6. The summed E-state index contributed by atoms with van der Waals surface area (Å²) in [6, 6.07) is 13.5. The molecule has 1 aromatic heterocycles. The minimum absolute atomic E-state index is 0.345. The van der Waals surface area contributed by atoms with Gasteiger partial charge in [0.1, 0.15) is 0 Å². The first-order chi connectivity index (χ1) is 12.8. The van der Waals surface area contributed by atoms with Gasteiger partial charge in [-0.05, 0) is 51.0 Å². The monoisotopic (exact) mass is 382 g/mol. The molecule has 140 valence electrons. The first kappa shape index (κ1) is 19.0. The van der Waals surface area contributed by atoms with E-state index in [0.29, 0.717) is 22.9 Å². The first-order valence-electron chi connectivity index (χ1n) is 8.77. The van der Waals surface area contributed by atoms with Gasteiger partial charge in [-0.2, -0.15) is 5.10 Å². The van der Waals surface area contributed by atoms with Crippen LogP contribution < -0.4 is 10.6 Å². The zero-order valence-electron chi connectivity index (χ0n) is 15.9. The number of carbonyl (C=O) groups is 1. The highest BCUT2D eigenvalue weighted by molar-refractivity contribution is 6.33. The van der Waals surface area contributed by atoms with E-state index in [1.54, 1.807) is 6.07 Å². The van der Waals surface area contributed by atoms with E-state index in [4.69, 9.17) is 11.6 Å². The van der Waals surface area contributed by atoms with Gasteiger partial charge in [0.25, 0.3) is 0 Å². The van der Waals surface area contributed by atoms with Crippen LogP contribution in [0.4, 0.5) is 16.2 Å². The molecule has 0 aliphatic heterocycles. The van der Waals surface area contributed by atoms with Gasteiger partial charge in [0, 0.05) is 0 Å². The number of rotatable bonds is 4. The molecule has 2 aromatic carbocycles. The fourth-order valence-electron chi connectivity index (χ4n) is 3.00. The van der Waals surface area contributed by atoms with Crippen molar-refractivity contribution in [3.05, 3.63) is 75.6 Å². The van der Waals surface area contributed by atoms with Crippen molar-refractivity contribution in [1.82, 2.24) is 9.78 Å². The van der Waals surface area contributed by atoms with Gasteiger partial charge >= 0.3 is 6.03 Å². The molecule has 3 rings (SSSR count). The fourth-order valence-corrected chi connectivity index (χ4v) is 3.29. The Kier molecular flexibility index (Phi) is 5.51. The van der Waals surface area contributed by atoms with Crippen LogP contribution in [-0.2, 0) is 6.54 Å². The number of hydrogen-bond acceptors (Lipinski definition) is 2. The summed E-state index contributed by atoms with van der Waals surface area (Å²) < 4.78 is 1.90. The first-order valence-corrected chi connectivity index (χ1v) is 9.15. The van der Waals surface area contributed by atoms with Crippen molar-refractivity contribution in [2.24, 2.45) is 0 Å². The molecule has 3 aromatic rings. The van der Waals surface area contributed by atoms with E-state index in [2.05, 4.69) is 40.9 Å². The number of halogens is 1. The van der Waals surface area contributed by atoms with Gasteiger partial charge in [0.15, 0.2) is 0 Å². The summed E-state index contributed by atoms with van der Waals surface area (Å²) in [5.41, 5.74) is 6.37. The van der Waals surface area contributed by atoms with E-state index >= 15 is 0 Å². The Bertz CT molecular complexity index is 994. The number of nitrogens with zero attached hydrogens (tertiary/aromatic N) is 2. The molecule has 0 atom stereocenters. The number of amides is 2. The van der Waals surface area contributed by atoms with E-state index in [1.165, 1.54) is 11.1 Å². The van der Waals surface area contributed by atoms with Gasteiger partial charge in [-0.25, -0.2) is 4.79 Å². The number of aromatic nitrogens is 2. The molecule has 0 aliphatic carbocycles. The van der Waals surface area contributed by atoms with Crippen molar-refractivity contribution in [3.63, 3.8) is 0 Å². The van der Waals surface area contributed by atoms with Gasteiger partial charge < -0.3 is 10.6 Å². The SMILES string of the molecule is Cc1cccc(Cn2nc(C)c(NC(=O)Nc3ccc(C)cc3Cl)c2C)c1. The Labute approximate surface area is 164 Å². The third-order valence-corrected chi connectivity index (χ3v) is 4.72. The molecule has 0 radical (unpaired) electrons. The lowest BCUT2D eigenvalue weighted by molar-refractivity contribution is 0.262. The lowest BCUT2D eigenvalue weighted by Crippen LogP contribution is -2.20. The molecule has 0 saturated heterocycles. The number of benzene rings is 2. The number of anilines is 2. The molecule has 1 heterocycles. The molecule has 5 nitrogen and oxygen atoms in total. The molecule has 2 amide bonds. The summed E-state index contributed by atoms with van der Waals surface area (Å²) in [5.74, 6) is 0. The Hall–Kier alpha value is -2.79. The van der Waals surface area contributed by atoms with Crippen LogP contribution in [0.15, 0.2) is 42.5 Å². The lowest BCUT2D eigenvalue weighted by Gasteiger charge is -2.10. The molecule has 0 unspecified atom stereocenters. The summed E-state index contributed by atoms with van der Waals surface area (Å²) in [6.07, 6.45) is 0. The summed E-state index contributed by atoms with van der Waals surface area (Å²) in [5, 5.41) is 10.8. The predicted molar refractivity (Wildman–Crippen MR) is 111 cm³/mol. The van der Waals surface area contributed by atoms with Crippen LogP contribution in [0, 0.1) is 27.7 Å². The van der Waals surface area contributed by atoms with Crippen molar-refractivity contribution >= 4 is 29.0 Å². The standard InChI is InChI=1S/C21H23ClN4O/c1-13-6-5-7-17(10-13)12-26-16(4)20(15(3)25-26)24-21(27)23-19-9-8-14(2)11-18(19)22/h5-11H,12H2,1-4H3,(H2,23,24,27). The van der Waals surface area contributed by atoms with E-state index in [9.17, 15) is 4.79 Å². The molecule has 2 N–H and O–H groups in total. The maximum absolute atomic E-state index is 12.4. The summed E-state index contributed by atoms with van der Waals surface area (Å²) >= 11 is 6.19. The molecule has 0 spiro atoms. The van der Waals surface area contributed by atoms with Gasteiger partial charge in [-0.1, -0.05) is 47.5 Å². The van der Waals surface area contributed by atoms with Gasteiger partial charge in [-0.15, -0.1) is 0 Å². The quantitative estimate of drug-likeness (QED) is 0.629. The van der Waals surface area contributed by atoms with E-state index in [0.717, 1.165) is 17.0 Å². The average molecular weight is 383 g/mol. The predicted octanol–water partition coefficient (Wildman–Crippen LogP) is 5.46. The highest BCUT2D eigenvalue weighted by atomic mass is 35.5. The smallest absolute Gasteiger partial charge is 0.306 e. The molecule has 0 fully saturated rings. The normalized spacial score (nSPS) is 10.7.